The summed E-state index contributed by atoms with van der Waals surface area (Å²) in [4.78, 5) is 0. The van der Waals surface area contributed by atoms with Crippen LogP contribution in [0.1, 0.15) is 6.92 Å². The largest absolute Gasteiger partial charge is 0.508 e. The van der Waals surface area contributed by atoms with Crippen LogP contribution in [0.2, 0.25) is 0 Å². The fourth-order valence-electron chi connectivity index (χ4n) is 1.51. The molecule has 2 heteroatoms. The molecule has 0 saturated heterocycles. The summed E-state index contributed by atoms with van der Waals surface area (Å²) in [6.07, 6.45) is 0. The number of hydrogen-bond acceptors (Lipinski definition) is 2. The summed E-state index contributed by atoms with van der Waals surface area (Å²) in [5, 5.41) is 11.4. The monoisotopic (exact) mass is 214 g/mol. The van der Waals surface area contributed by atoms with E-state index in [1.165, 1.54) is 0 Å². The molecule has 0 unspecified atom stereocenters. The van der Waals surface area contributed by atoms with Crippen LogP contribution in [0.4, 0.5) is 0 Å². The summed E-state index contributed by atoms with van der Waals surface area (Å²) < 4.78 is 5.53. The van der Waals surface area contributed by atoms with Crippen molar-refractivity contribution in [1.29, 1.82) is 0 Å². The van der Waals surface area contributed by atoms with E-state index in [4.69, 9.17) is 4.74 Å². The van der Waals surface area contributed by atoms with Crippen LogP contribution < -0.4 is 4.74 Å². The fraction of sp³-hybridized carbons (Fsp3) is 0.143. The number of benzene rings is 2. The molecule has 16 heavy (non-hydrogen) atoms. The Kier molecular flexibility index (Phi) is 2.82. The SMILES string of the molecule is C=C(C)COc1ccc2ccc(O)cc2c1. The van der Waals surface area contributed by atoms with Gasteiger partial charge >= 0.3 is 0 Å². The lowest BCUT2D eigenvalue weighted by Crippen LogP contribution is -1.97. The standard InChI is InChI=1S/C14H14O2/c1-10(2)9-16-14-6-4-11-3-5-13(15)7-12(11)8-14/h3-8,15H,1,9H2,2H3. The van der Waals surface area contributed by atoms with E-state index in [1.807, 2.05) is 31.2 Å². The Morgan fingerprint density at radius 1 is 1.19 bits per heavy atom. The van der Waals surface area contributed by atoms with Crippen molar-refractivity contribution in [2.75, 3.05) is 6.61 Å². The van der Waals surface area contributed by atoms with E-state index in [9.17, 15) is 5.11 Å². The second-order valence-electron chi connectivity index (χ2n) is 3.94. The molecule has 2 aromatic carbocycles. The quantitative estimate of drug-likeness (QED) is 0.792. The molecule has 0 aliphatic rings. The van der Waals surface area contributed by atoms with Crippen molar-refractivity contribution in [2.24, 2.45) is 0 Å². The van der Waals surface area contributed by atoms with Crippen LogP contribution in [0.15, 0.2) is 48.6 Å². The molecule has 2 rings (SSSR count). The first-order chi connectivity index (χ1) is 7.65. The predicted octanol–water partition coefficient (Wildman–Crippen LogP) is 3.50. The van der Waals surface area contributed by atoms with Gasteiger partial charge in [0, 0.05) is 0 Å². The normalized spacial score (nSPS) is 10.3. The minimum absolute atomic E-state index is 0.268. The molecule has 0 amide bonds. The van der Waals surface area contributed by atoms with Crippen molar-refractivity contribution in [1.82, 2.24) is 0 Å². The maximum Gasteiger partial charge on any atom is 0.120 e. The average Bonchev–Trinajstić information content (AvgIpc) is 2.25. The highest BCUT2D eigenvalue weighted by Crippen LogP contribution is 2.24. The highest BCUT2D eigenvalue weighted by Gasteiger charge is 1.98. The highest BCUT2D eigenvalue weighted by molar-refractivity contribution is 5.85. The number of aromatic hydroxyl groups is 1. The van der Waals surface area contributed by atoms with Gasteiger partial charge in [0.2, 0.25) is 0 Å². The van der Waals surface area contributed by atoms with Gasteiger partial charge in [0.05, 0.1) is 0 Å². The number of hydrogen-bond donors (Lipinski definition) is 1. The van der Waals surface area contributed by atoms with E-state index in [-0.39, 0.29) is 5.75 Å². The lowest BCUT2D eigenvalue weighted by atomic mass is 10.1. The average molecular weight is 214 g/mol. The number of ether oxygens (including phenoxy) is 1. The molecule has 0 saturated carbocycles. The molecular formula is C14H14O2. The molecule has 82 valence electrons. The number of rotatable bonds is 3. The molecule has 0 fully saturated rings. The number of phenolic OH excluding ortho intramolecular Hbond substituents is 1. The number of fused-ring (bicyclic) bond motifs is 1. The van der Waals surface area contributed by atoms with E-state index >= 15 is 0 Å². The maximum absolute atomic E-state index is 9.38. The van der Waals surface area contributed by atoms with Gasteiger partial charge in [0.15, 0.2) is 0 Å². The first kappa shape index (κ1) is 10.6. The second-order valence-corrected chi connectivity index (χ2v) is 3.94. The summed E-state index contributed by atoms with van der Waals surface area (Å²) in [7, 11) is 0. The first-order valence-electron chi connectivity index (χ1n) is 5.15. The molecule has 0 aliphatic heterocycles. The third-order valence-electron chi connectivity index (χ3n) is 2.28. The van der Waals surface area contributed by atoms with E-state index in [1.54, 1.807) is 12.1 Å². The summed E-state index contributed by atoms with van der Waals surface area (Å²) in [6, 6.07) is 11.1. The summed E-state index contributed by atoms with van der Waals surface area (Å²) in [5.74, 6) is 1.06. The van der Waals surface area contributed by atoms with E-state index in [0.717, 1.165) is 22.1 Å². The minimum Gasteiger partial charge on any atom is -0.508 e. The molecule has 2 aromatic rings. The zero-order chi connectivity index (χ0) is 11.5. The van der Waals surface area contributed by atoms with Crippen molar-refractivity contribution in [3.8, 4) is 11.5 Å². The lowest BCUT2D eigenvalue weighted by molar-refractivity contribution is 0.353. The Balaban J connectivity index is 2.31. The maximum atomic E-state index is 9.38. The van der Waals surface area contributed by atoms with Gasteiger partial charge in [-0.3, -0.25) is 0 Å². The van der Waals surface area contributed by atoms with Gasteiger partial charge in [-0.25, -0.2) is 0 Å². The van der Waals surface area contributed by atoms with Gasteiger partial charge in [-0.05, 0) is 47.5 Å². The molecule has 2 nitrogen and oxygen atoms in total. The van der Waals surface area contributed by atoms with Gasteiger partial charge in [0.25, 0.3) is 0 Å². The van der Waals surface area contributed by atoms with Gasteiger partial charge in [-0.15, -0.1) is 0 Å². The van der Waals surface area contributed by atoms with Gasteiger partial charge in [-0.1, -0.05) is 18.7 Å². The topological polar surface area (TPSA) is 29.5 Å². The zero-order valence-electron chi connectivity index (χ0n) is 9.23. The predicted molar refractivity (Wildman–Crippen MR) is 65.9 cm³/mol. The third kappa shape index (κ3) is 2.34. The minimum atomic E-state index is 0.268. The van der Waals surface area contributed by atoms with Crippen molar-refractivity contribution in [3.63, 3.8) is 0 Å². The van der Waals surface area contributed by atoms with Crippen LogP contribution in [0.25, 0.3) is 10.8 Å². The van der Waals surface area contributed by atoms with Crippen LogP contribution in [-0.2, 0) is 0 Å². The Morgan fingerprint density at radius 3 is 2.69 bits per heavy atom. The molecule has 0 spiro atoms. The summed E-state index contributed by atoms with van der Waals surface area (Å²) >= 11 is 0. The Morgan fingerprint density at radius 2 is 1.94 bits per heavy atom. The van der Waals surface area contributed by atoms with Crippen LogP contribution in [-0.4, -0.2) is 11.7 Å². The van der Waals surface area contributed by atoms with Gasteiger partial charge < -0.3 is 9.84 Å². The Hall–Kier alpha value is -1.96. The fourth-order valence-corrected chi connectivity index (χ4v) is 1.51. The van der Waals surface area contributed by atoms with E-state index in [2.05, 4.69) is 6.58 Å². The zero-order valence-corrected chi connectivity index (χ0v) is 9.23. The van der Waals surface area contributed by atoms with Crippen molar-refractivity contribution in [2.45, 2.75) is 6.92 Å². The molecular weight excluding hydrogens is 200 g/mol. The molecule has 0 aliphatic carbocycles. The first-order valence-corrected chi connectivity index (χ1v) is 5.15. The molecule has 0 atom stereocenters. The van der Waals surface area contributed by atoms with Crippen LogP contribution in [0.5, 0.6) is 11.5 Å². The van der Waals surface area contributed by atoms with Gasteiger partial charge in [-0.2, -0.15) is 0 Å². The lowest BCUT2D eigenvalue weighted by Gasteiger charge is -2.07. The Bertz CT molecular complexity index is 529. The second kappa shape index (κ2) is 4.27. The molecule has 0 radical (unpaired) electrons. The highest BCUT2D eigenvalue weighted by atomic mass is 16.5. The summed E-state index contributed by atoms with van der Waals surface area (Å²) in [5.41, 5.74) is 0.982. The number of phenols is 1. The van der Waals surface area contributed by atoms with Crippen molar-refractivity contribution >= 4 is 10.8 Å². The molecule has 0 aromatic heterocycles. The van der Waals surface area contributed by atoms with Crippen LogP contribution in [0, 0.1) is 0 Å². The molecule has 1 N–H and O–H groups in total. The van der Waals surface area contributed by atoms with Crippen LogP contribution in [0.3, 0.4) is 0 Å². The third-order valence-corrected chi connectivity index (χ3v) is 2.28. The smallest absolute Gasteiger partial charge is 0.120 e. The van der Waals surface area contributed by atoms with Crippen molar-refractivity contribution < 1.29 is 9.84 Å². The van der Waals surface area contributed by atoms with Crippen LogP contribution >= 0.6 is 0 Å². The van der Waals surface area contributed by atoms with E-state index < -0.39 is 0 Å². The van der Waals surface area contributed by atoms with Gasteiger partial charge in [0.1, 0.15) is 18.1 Å². The Labute approximate surface area is 94.8 Å². The molecule has 0 bridgehead atoms. The summed E-state index contributed by atoms with van der Waals surface area (Å²) in [6.45, 7) is 6.22. The molecule has 0 heterocycles. The van der Waals surface area contributed by atoms with E-state index in [0.29, 0.717) is 6.61 Å². The van der Waals surface area contributed by atoms with Crippen molar-refractivity contribution in [3.05, 3.63) is 48.6 Å².